The smallest absolute Gasteiger partial charge is 0.391 e. The Balaban J connectivity index is 2.07. The summed E-state index contributed by atoms with van der Waals surface area (Å²) >= 11 is 6.10. The highest BCUT2D eigenvalue weighted by molar-refractivity contribution is 6.32. The van der Waals surface area contributed by atoms with Gasteiger partial charge in [-0.15, -0.1) is 0 Å². The lowest BCUT2D eigenvalue weighted by Gasteiger charge is -2.23. The van der Waals surface area contributed by atoms with Gasteiger partial charge in [-0.25, -0.2) is 0 Å². The van der Waals surface area contributed by atoms with Crippen molar-refractivity contribution < 1.29 is 27.9 Å². The quantitative estimate of drug-likeness (QED) is 0.518. The van der Waals surface area contributed by atoms with Crippen molar-refractivity contribution >= 4 is 29.1 Å². The molecule has 164 valence electrons. The lowest BCUT2D eigenvalue weighted by atomic mass is 10.1. The molecule has 0 aliphatic heterocycles. The van der Waals surface area contributed by atoms with Gasteiger partial charge in [0, 0.05) is 11.3 Å². The van der Waals surface area contributed by atoms with Crippen molar-refractivity contribution in [2.75, 3.05) is 5.32 Å². The summed E-state index contributed by atoms with van der Waals surface area (Å²) in [5.41, 5.74) is 4.29. The van der Waals surface area contributed by atoms with E-state index < -0.39 is 35.7 Å². The van der Waals surface area contributed by atoms with Gasteiger partial charge in [-0.2, -0.15) is 18.4 Å². The van der Waals surface area contributed by atoms with Crippen LogP contribution in [0.4, 0.5) is 18.9 Å². The molecule has 2 aromatic carbocycles. The summed E-state index contributed by atoms with van der Waals surface area (Å²) in [6, 6.07) is 7.10. The van der Waals surface area contributed by atoms with Gasteiger partial charge in [-0.3, -0.25) is 20.4 Å². The Hall–Kier alpha value is -3.29. The molecule has 11 heteroatoms. The standard InChI is InChI=1S/C20H18ClF3N4O3/c1-10-15(8-5-13(9-25)16(10)21)26-17(11(2)29)19(31)28-27-18(30)12-3-6-14(7-4-12)20(22,23)24/h3-8,11,17,26,29H,1-2H3,(H,27,30)(H,28,31)/t11-,17+/m0/s1. The first-order chi connectivity index (χ1) is 14.5. The van der Waals surface area contributed by atoms with Gasteiger partial charge in [0.1, 0.15) is 12.1 Å². The Morgan fingerprint density at radius 2 is 1.74 bits per heavy atom. The molecule has 2 amide bonds. The number of carbonyl (C=O) groups is 2. The van der Waals surface area contributed by atoms with Crippen molar-refractivity contribution in [1.82, 2.24) is 10.9 Å². The van der Waals surface area contributed by atoms with Crippen LogP contribution >= 0.6 is 11.6 Å². The SMILES string of the molecule is Cc1c(N[C@@H](C(=O)NNC(=O)c2ccc(C(F)(F)F)cc2)[C@H](C)O)ccc(C#N)c1Cl. The van der Waals surface area contributed by atoms with Gasteiger partial charge in [0.2, 0.25) is 0 Å². The molecule has 0 aliphatic rings. The van der Waals surface area contributed by atoms with Crippen LogP contribution in [0.3, 0.4) is 0 Å². The van der Waals surface area contributed by atoms with Crippen molar-refractivity contribution in [2.45, 2.75) is 32.2 Å². The van der Waals surface area contributed by atoms with Crippen molar-refractivity contribution in [3.8, 4) is 6.07 Å². The molecule has 0 radical (unpaired) electrons. The lowest BCUT2D eigenvalue weighted by molar-refractivity contribution is -0.137. The molecule has 0 fully saturated rings. The zero-order chi connectivity index (χ0) is 23.3. The summed E-state index contributed by atoms with van der Waals surface area (Å²) in [6.45, 7) is 2.96. The summed E-state index contributed by atoms with van der Waals surface area (Å²) in [4.78, 5) is 24.5. The van der Waals surface area contributed by atoms with Gasteiger partial charge >= 0.3 is 6.18 Å². The van der Waals surface area contributed by atoms with Crippen LogP contribution < -0.4 is 16.2 Å². The molecule has 2 aromatic rings. The van der Waals surface area contributed by atoms with Gasteiger partial charge in [0.05, 0.1) is 22.3 Å². The zero-order valence-corrected chi connectivity index (χ0v) is 17.1. The van der Waals surface area contributed by atoms with Crippen molar-refractivity contribution in [3.05, 3.63) is 63.7 Å². The Morgan fingerprint density at radius 1 is 1.13 bits per heavy atom. The Kier molecular flexibility index (Phi) is 7.49. The zero-order valence-electron chi connectivity index (χ0n) is 16.3. The first kappa shape index (κ1) is 24.0. The molecule has 7 nitrogen and oxygen atoms in total. The van der Waals surface area contributed by atoms with E-state index in [1.807, 2.05) is 6.07 Å². The highest BCUT2D eigenvalue weighted by atomic mass is 35.5. The second kappa shape index (κ2) is 9.68. The molecule has 0 unspecified atom stereocenters. The van der Waals surface area contributed by atoms with Crippen LogP contribution in [0.1, 0.15) is 34.0 Å². The third-order valence-corrected chi connectivity index (χ3v) is 4.84. The number of halogens is 4. The summed E-state index contributed by atoms with van der Waals surface area (Å²) in [7, 11) is 0. The maximum atomic E-state index is 12.6. The predicted molar refractivity (Wildman–Crippen MR) is 107 cm³/mol. The number of hydrazine groups is 1. The van der Waals surface area contributed by atoms with E-state index in [4.69, 9.17) is 16.9 Å². The summed E-state index contributed by atoms with van der Waals surface area (Å²) < 4.78 is 37.8. The molecule has 2 rings (SSSR count). The van der Waals surface area contributed by atoms with Gasteiger partial charge in [0.25, 0.3) is 11.8 Å². The molecule has 0 saturated heterocycles. The molecular weight excluding hydrogens is 437 g/mol. The fourth-order valence-corrected chi connectivity index (χ4v) is 2.79. The fraction of sp³-hybridized carbons (Fsp3) is 0.250. The number of nitrogens with one attached hydrogen (secondary N) is 3. The van der Waals surface area contributed by atoms with Crippen LogP contribution in [0.2, 0.25) is 5.02 Å². The number of amides is 2. The monoisotopic (exact) mass is 454 g/mol. The van der Waals surface area contributed by atoms with Crippen LogP contribution in [0.25, 0.3) is 0 Å². The number of aliphatic hydroxyl groups is 1. The van der Waals surface area contributed by atoms with Gasteiger partial charge in [-0.05, 0) is 55.8 Å². The maximum Gasteiger partial charge on any atom is 0.416 e. The highest BCUT2D eigenvalue weighted by Crippen LogP contribution is 2.29. The number of aliphatic hydroxyl groups excluding tert-OH is 1. The highest BCUT2D eigenvalue weighted by Gasteiger charge is 2.30. The van der Waals surface area contributed by atoms with E-state index in [2.05, 4.69) is 16.2 Å². The minimum Gasteiger partial charge on any atom is -0.391 e. The molecule has 31 heavy (non-hydrogen) atoms. The largest absolute Gasteiger partial charge is 0.416 e. The molecule has 2 atom stereocenters. The summed E-state index contributed by atoms with van der Waals surface area (Å²) in [5, 5.41) is 22.0. The molecule has 0 spiro atoms. The number of rotatable bonds is 5. The average Bonchev–Trinajstić information content (AvgIpc) is 2.72. The van der Waals surface area contributed by atoms with Crippen molar-refractivity contribution in [3.63, 3.8) is 0 Å². The minimum absolute atomic E-state index is 0.107. The van der Waals surface area contributed by atoms with Crippen LogP contribution in [-0.4, -0.2) is 29.1 Å². The van der Waals surface area contributed by atoms with Crippen LogP contribution in [0, 0.1) is 18.3 Å². The molecular formula is C20H18ClF3N4O3. The van der Waals surface area contributed by atoms with Gasteiger partial charge < -0.3 is 10.4 Å². The van der Waals surface area contributed by atoms with E-state index in [9.17, 15) is 27.9 Å². The number of nitrogens with zero attached hydrogens (tertiary/aromatic N) is 1. The van der Waals surface area contributed by atoms with Gasteiger partial charge in [-0.1, -0.05) is 11.6 Å². The van der Waals surface area contributed by atoms with E-state index in [-0.39, 0.29) is 16.1 Å². The van der Waals surface area contributed by atoms with Gasteiger partial charge in [0.15, 0.2) is 0 Å². The molecule has 0 saturated carbocycles. The number of hydrogen-bond donors (Lipinski definition) is 4. The maximum absolute atomic E-state index is 12.6. The van der Waals surface area contributed by atoms with E-state index in [0.717, 1.165) is 24.3 Å². The molecule has 0 aromatic heterocycles. The van der Waals surface area contributed by atoms with Crippen LogP contribution in [0.15, 0.2) is 36.4 Å². The first-order valence-corrected chi connectivity index (χ1v) is 9.24. The van der Waals surface area contributed by atoms with Crippen LogP contribution in [0.5, 0.6) is 0 Å². The number of nitriles is 1. The first-order valence-electron chi connectivity index (χ1n) is 8.87. The summed E-state index contributed by atoms with van der Waals surface area (Å²) in [5.74, 6) is -1.65. The van der Waals surface area contributed by atoms with E-state index >= 15 is 0 Å². The molecule has 0 aliphatic carbocycles. The van der Waals surface area contributed by atoms with Crippen molar-refractivity contribution in [1.29, 1.82) is 5.26 Å². The van der Waals surface area contributed by atoms with E-state index in [0.29, 0.717) is 11.3 Å². The number of alkyl halides is 3. The van der Waals surface area contributed by atoms with Crippen molar-refractivity contribution in [2.24, 2.45) is 0 Å². The Morgan fingerprint density at radius 3 is 2.26 bits per heavy atom. The normalized spacial score (nSPS) is 13.0. The Labute approximate surface area is 180 Å². The molecule has 4 N–H and O–H groups in total. The second-order valence-electron chi connectivity index (χ2n) is 6.59. The lowest BCUT2D eigenvalue weighted by Crippen LogP contribution is -2.52. The van der Waals surface area contributed by atoms with Crippen LogP contribution in [-0.2, 0) is 11.0 Å². The number of benzene rings is 2. The number of carbonyl (C=O) groups excluding carboxylic acids is 2. The summed E-state index contributed by atoms with van der Waals surface area (Å²) in [6.07, 6.45) is -5.73. The third kappa shape index (κ3) is 5.87. The molecule has 0 bridgehead atoms. The topological polar surface area (TPSA) is 114 Å². The van der Waals surface area contributed by atoms with E-state index in [1.54, 1.807) is 6.92 Å². The average molecular weight is 455 g/mol. The number of anilines is 1. The Bertz CT molecular complexity index is 1020. The number of hydrogen-bond acceptors (Lipinski definition) is 5. The minimum atomic E-state index is -4.54. The second-order valence-corrected chi connectivity index (χ2v) is 6.97. The third-order valence-electron chi connectivity index (χ3n) is 4.36. The molecule has 0 heterocycles. The predicted octanol–water partition coefficient (Wildman–Crippen LogP) is 3.16. The fourth-order valence-electron chi connectivity index (χ4n) is 2.58. The van der Waals surface area contributed by atoms with E-state index in [1.165, 1.54) is 19.1 Å².